The molecule has 9 rings (SSSR count). The molecular formula is C46H56N14O20P2. The second kappa shape index (κ2) is 24.6. The van der Waals surface area contributed by atoms with Gasteiger partial charge in [-0.15, -0.1) is 0 Å². The Morgan fingerprint density at radius 1 is 0.780 bits per heavy atom. The number of rotatable bonds is 17. The standard InChI is InChI=1S/C46H56N14O20P2/c1-21(2)30(54-27(61)7-5-4-6-14-58-28(62)12-13-29(58)63)41(67)52-22(3)40(66)53-24-10-8-23(9-11-24)15-74-46(69)55-37-31-38(49-18-48-37)59(19-50-31)44-36-33(64)25(77-44)16-75-81(70,71)79-35-26(17-76-82(72,73)80-36)78-43(34(35)65)60-20-51-32-39(60)56-45(47)57-42(32)68/h8-13,18-22,25-26,30,33-36,43-44,64-65H,4-7,14-17H2,1-3H3,(H,52,67)(H,53,66)(H,54,61)(H,70,71)(H,72,73)(H3,47,56,57,68)(H,48,49,55,69)/t22-,25+,26+,30-,33?,34-,35?,36-,43+,44+/m0/s1. The van der Waals surface area contributed by atoms with Crippen LogP contribution >= 0.6 is 15.6 Å². The Labute approximate surface area is 462 Å². The van der Waals surface area contributed by atoms with Crippen LogP contribution in [0.5, 0.6) is 0 Å². The molecule has 0 radical (unpaired) electrons. The fourth-order valence-electron chi connectivity index (χ4n) is 9.12. The quantitative estimate of drug-likeness (QED) is 0.0330. The second-order valence-electron chi connectivity index (χ2n) is 19.5. The van der Waals surface area contributed by atoms with Gasteiger partial charge in [0.15, 0.2) is 40.6 Å². The van der Waals surface area contributed by atoms with Crippen LogP contribution in [0.15, 0.2) is 60.2 Å². The van der Waals surface area contributed by atoms with E-state index in [1.54, 1.807) is 26.0 Å². The van der Waals surface area contributed by atoms with E-state index in [1.807, 2.05) is 0 Å². The number of phosphoric ester groups is 2. The lowest BCUT2D eigenvalue weighted by molar-refractivity contribution is -0.137. The summed E-state index contributed by atoms with van der Waals surface area (Å²) in [6, 6.07) is 4.24. The van der Waals surface area contributed by atoms with Crippen molar-refractivity contribution in [3.8, 4) is 0 Å². The maximum absolute atomic E-state index is 13.6. The first-order chi connectivity index (χ1) is 39.0. The molecule has 4 aromatic heterocycles. The number of aromatic nitrogens is 8. The number of aromatic amines is 1. The van der Waals surface area contributed by atoms with Gasteiger partial charge in [-0.05, 0) is 43.4 Å². The summed E-state index contributed by atoms with van der Waals surface area (Å²) in [5.74, 6) is -3.05. The fraction of sp³-hybridized carbons (Fsp3) is 0.478. The van der Waals surface area contributed by atoms with Gasteiger partial charge in [-0.1, -0.05) is 32.4 Å². The van der Waals surface area contributed by atoms with E-state index in [0.717, 1.165) is 33.0 Å². The van der Waals surface area contributed by atoms with Crippen LogP contribution in [0.25, 0.3) is 22.3 Å². The second-order valence-corrected chi connectivity index (χ2v) is 22.3. The summed E-state index contributed by atoms with van der Waals surface area (Å²) in [7, 11) is -10.5. The maximum Gasteiger partial charge on any atom is 0.472 e. The first-order valence-electron chi connectivity index (χ1n) is 25.3. The number of imidazole rings is 2. The van der Waals surface area contributed by atoms with Gasteiger partial charge in [0.1, 0.15) is 61.6 Å². The Balaban J connectivity index is 0.772. The van der Waals surface area contributed by atoms with Crippen molar-refractivity contribution in [2.75, 3.05) is 36.1 Å². The smallest absolute Gasteiger partial charge is 0.444 e. The number of anilines is 3. The third kappa shape index (κ3) is 13.4. The number of aliphatic hydroxyl groups excluding tert-OH is 2. The van der Waals surface area contributed by atoms with Crippen molar-refractivity contribution in [1.82, 2.24) is 54.6 Å². The lowest BCUT2D eigenvalue weighted by Gasteiger charge is -2.25. The van der Waals surface area contributed by atoms with Crippen LogP contribution in [-0.4, -0.2) is 168 Å². The Bertz CT molecular complexity index is 3430. The number of fused-ring (bicyclic) bond motifs is 5. The molecule has 1 aromatic carbocycles. The monoisotopic (exact) mass is 1190 g/mol. The van der Waals surface area contributed by atoms with E-state index in [1.165, 1.54) is 31.2 Å². The summed E-state index contributed by atoms with van der Waals surface area (Å²) >= 11 is 0. The number of unbranched alkanes of at least 4 members (excludes halogenated alkanes) is 2. The van der Waals surface area contributed by atoms with E-state index in [9.17, 15) is 62.7 Å². The van der Waals surface area contributed by atoms with E-state index in [2.05, 4.69) is 51.2 Å². The molecule has 0 aliphatic carbocycles. The van der Waals surface area contributed by atoms with E-state index in [-0.39, 0.29) is 77.3 Å². The van der Waals surface area contributed by atoms with Crippen LogP contribution in [0, 0.1) is 5.92 Å². The average molecular weight is 1190 g/mol. The van der Waals surface area contributed by atoms with E-state index in [4.69, 9.17) is 38.0 Å². The predicted molar refractivity (Wildman–Crippen MR) is 277 cm³/mol. The lowest BCUT2D eigenvalue weighted by Crippen LogP contribution is -2.53. The third-order valence-electron chi connectivity index (χ3n) is 13.3. The summed E-state index contributed by atoms with van der Waals surface area (Å²) in [6.45, 7) is 3.08. The molecule has 8 heterocycles. The number of benzene rings is 1. The van der Waals surface area contributed by atoms with Crippen LogP contribution in [0.3, 0.4) is 0 Å². The van der Waals surface area contributed by atoms with Crippen molar-refractivity contribution in [3.63, 3.8) is 0 Å². The van der Waals surface area contributed by atoms with E-state index < -0.39 is 113 Å². The van der Waals surface area contributed by atoms with Crippen molar-refractivity contribution in [1.29, 1.82) is 0 Å². The molecule has 2 bridgehead atoms. The van der Waals surface area contributed by atoms with Crippen molar-refractivity contribution in [2.24, 2.45) is 5.92 Å². The maximum atomic E-state index is 13.6. The number of hydrogen-bond acceptors (Lipinski definition) is 24. The molecule has 0 saturated carbocycles. The minimum atomic E-state index is -5.28. The lowest BCUT2D eigenvalue weighted by atomic mass is 10.0. The number of nitrogen functional groups attached to an aromatic ring is 1. The third-order valence-corrected chi connectivity index (χ3v) is 15.3. The van der Waals surface area contributed by atoms with Gasteiger partial charge >= 0.3 is 21.7 Å². The van der Waals surface area contributed by atoms with Crippen molar-refractivity contribution in [3.05, 3.63) is 71.3 Å². The zero-order valence-electron chi connectivity index (χ0n) is 43.6. The summed E-state index contributed by atoms with van der Waals surface area (Å²) in [5, 5.41) is 33.2. The van der Waals surface area contributed by atoms with Crippen LogP contribution in [-0.2, 0) is 72.0 Å². The largest absolute Gasteiger partial charge is 0.472 e. The van der Waals surface area contributed by atoms with Crippen LogP contribution in [0.2, 0.25) is 0 Å². The summed E-state index contributed by atoms with van der Waals surface area (Å²) in [6.07, 6.45) is -7.40. The zero-order chi connectivity index (χ0) is 58.8. The van der Waals surface area contributed by atoms with Crippen molar-refractivity contribution >= 4 is 91.1 Å². The number of aliphatic hydroxyl groups is 2. The number of ether oxygens (including phenoxy) is 3. The highest BCUT2D eigenvalue weighted by Crippen LogP contribution is 2.54. The zero-order valence-corrected chi connectivity index (χ0v) is 45.4. The first kappa shape index (κ1) is 59.2. The van der Waals surface area contributed by atoms with Gasteiger partial charge in [0.05, 0.1) is 25.9 Å². The number of nitrogens with one attached hydrogen (secondary N) is 5. The fourth-order valence-corrected chi connectivity index (χ4v) is 11.0. The van der Waals surface area contributed by atoms with Crippen molar-refractivity contribution < 1.29 is 90.2 Å². The van der Waals surface area contributed by atoms with Gasteiger partial charge in [-0.3, -0.25) is 71.2 Å². The summed E-state index contributed by atoms with van der Waals surface area (Å²) in [4.78, 5) is 134. The minimum Gasteiger partial charge on any atom is -0.444 e. The number of nitrogens with two attached hydrogens (primary N) is 1. The highest BCUT2D eigenvalue weighted by molar-refractivity contribution is 7.47. The highest BCUT2D eigenvalue weighted by Gasteiger charge is 2.54. The molecule has 4 unspecified atom stereocenters. The normalized spacial score (nSPS) is 27.3. The molecular weight excluding hydrogens is 1130 g/mol. The molecule has 4 aliphatic heterocycles. The van der Waals surface area contributed by atoms with Gasteiger partial charge in [0.2, 0.25) is 23.7 Å². The molecule has 5 aromatic rings. The number of imide groups is 1. The molecule has 12 atom stereocenters. The number of nitrogens with zero attached hydrogens (tertiary/aromatic N) is 8. The topological polar surface area (TPSA) is 467 Å². The predicted octanol–water partition coefficient (Wildman–Crippen LogP) is -0.106. The summed E-state index contributed by atoms with van der Waals surface area (Å²) < 4.78 is 67.7. The Morgan fingerprint density at radius 2 is 1.43 bits per heavy atom. The van der Waals surface area contributed by atoms with Gasteiger partial charge in [0.25, 0.3) is 17.4 Å². The SMILES string of the molecule is CC(C)[C@H](NC(=O)CCCCCN1C(=O)C=CC1=O)C(=O)N[C@@H](C)C(=O)Nc1ccc(COC(=O)Nc2ncnc3c2ncn3[C@@H]2O[C@@H]3COP(=O)(O)OC4[C@@H](COP(=O)(O)O[C@H]2C3O)O[C@@H](n2cnc3c(=O)[nH]c(N)nc32)[C@H]4O)cc1. The molecule has 11 N–H and O–H groups in total. The number of H-pyrrole nitrogens is 1. The number of carbonyl (C=O) groups excluding carboxylic acids is 6. The van der Waals surface area contributed by atoms with E-state index >= 15 is 0 Å². The Hall–Kier alpha value is -7.46. The molecule has 0 spiro atoms. The first-order valence-corrected chi connectivity index (χ1v) is 28.3. The Morgan fingerprint density at radius 3 is 2.12 bits per heavy atom. The van der Waals surface area contributed by atoms with Crippen LogP contribution < -0.4 is 32.6 Å². The van der Waals surface area contributed by atoms with Gasteiger partial charge in [0, 0.05) is 30.8 Å². The molecule has 3 saturated heterocycles. The molecule has 440 valence electrons. The summed E-state index contributed by atoms with van der Waals surface area (Å²) in [5.41, 5.74) is 5.29. The molecule has 36 heteroatoms. The molecule has 34 nitrogen and oxygen atoms in total. The molecule has 4 aliphatic rings. The number of amides is 6. The number of carbonyl (C=O) groups is 6. The van der Waals surface area contributed by atoms with Crippen LogP contribution in [0.1, 0.15) is 64.5 Å². The Kier molecular flexibility index (Phi) is 17.7. The average Bonchev–Trinajstić information content (AvgIpc) is 3.06. The van der Waals surface area contributed by atoms with Crippen LogP contribution in [0.4, 0.5) is 22.2 Å². The minimum absolute atomic E-state index is 0.0718. The van der Waals surface area contributed by atoms with E-state index in [0.29, 0.717) is 30.5 Å². The van der Waals surface area contributed by atoms with Gasteiger partial charge < -0.3 is 55.9 Å². The highest BCUT2D eigenvalue weighted by atomic mass is 31.2. The molecule has 82 heavy (non-hydrogen) atoms. The van der Waals surface area contributed by atoms with Gasteiger partial charge in [-0.25, -0.2) is 33.9 Å². The number of phosphoric acid groups is 2. The molecule has 3 fully saturated rings. The molecule has 6 amide bonds. The van der Waals surface area contributed by atoms with Gasteiger partial charge in [-0.2, -0.15) is 4.98 Å². The number of hydrogen-bond donors (Lipinski definition) is 10. The van der Waals surface area contributed by atoms with Crippen molar-refractivity contribution in [2.45, 2.75) is 114 Å².